The molecule has 0 saturated carbocycles. The largest absolute Gasteiger partial charge is 0.385 e. The Balaban J connectivity index is 1.79. The van der Waals surface area contributed by atoms with Gasteiger partial charge in [-0.3, -0.25) is 19.2 Å². The highest BCUT2D eigenvalue weighted by Crippen LogP contribution is 2.17. The minimum Gasteiger partial charge on any atom is -0.385 e. The fourth-order valence-corrected chi connectivity index (χ4v) is 3.64. The van der Waals surface area contributed by atoms with Crippen LogP contribution >= 0.6 is 0 Å². The van der Waals surface area contributed by atoms with Crippen LogP contribution in [0.3, 0.4) is 0 Å². The Hall–Kier alpha value is -1.93. The molecule has 1 aromatic heterocycles. The van der Waals surface area contributed by atoms with Crippen LogP contribution in [0.25, 0.3) is 0 Å². The van der Waals surface area contributed by atoms with Gasteiger partial charge in [-0.05, 0) is 26.2 Å². The lowest BCUT2D eigenvalue weighted by Crippen LogP contribution is -2.51. The third-order valence-corrected chi connectivity index (χ3v) is 5.34. The van der Waals surface area contributed by atoms with E-state index in [1.807, 2.05) is 23.4 Å². The number of rotatable bonds is 10. The van der Waals surface area contributed by atoms with Crippen molar-refractivity contribution in [1.82, 2.24) is 24.9 Å². The number of aryl methyl sites for hydroxylation is 1. The summed E-state index contributed by atoms with van der Waals surface area (Å²) in [5.41, 5.74) is 3.09. The number of piperazine rings is 1. The van der Waals surface area contributed by atoms with Crippen LogP contribution in [0.5, 0.6) is 0 Å². The number of ether oxygens (including phenoxy) is 1. The van der Waals surface area contributed by atoms with Crippen LogP contribution in [0.2, 0.25) is 0 Å². The van der Waals surface area contributed by atoms with Gasteiger partial charge in [0.1, 0.15) is 0 Å². The van der Waals surface area contributed by atoms with E-state index in [4.69, 9.17) is 4.74 Å². The van der Waals surface area contributed by atoms with Gasteiger partial charge in [-0.15, -0.1) is 0 Å². The number of nitrogens with zero attached hydrogens (tertiary/aromatic N) is 4. The van der Waals surface area contributed by atoms with Crippen molar-refractivity contribution in [1.29, 1.82) is 0 Å². The van der Waals surface area contributed by atoms with Crippen LogP contribution in [0.4, 0.5) is 0 Å². The smallest absolute Gasteiger partial charge is 0.234 e. The standard InChI is InChI=1S/C21H37N5O3/c1-16(2)14-26-18(4)19(17(3)23-26)13-21(28)25-10-8-24(9-11-25)15-20(27)22-7-6-12-29-5/h16H,6-15H2,1-5H3,(H,22,27). The molecule has 0 spiro atoms. The Morgan fingerprint density at radius 2 is 1.86 bits per heavy atom. The van der Waals surface area contributed by atoms with E-state index < -0.39 is 0 Å². The number of aromatic nitrogens is 2. The summed E-state index contributed by atoms with van der Waals surface area (Å²) in [5, 5.41) is 7.52. The first kappa shape index (κ1) is 23.3. The van der Waals surface area contributed by atoms with Crippen molar-refractivity contribution in [3.05, 3.63) is 17.0 Å². The summed E-state index contributed by atoms with van der Waals surface area (Å²) in [7, 11) is 1.66. The van der Waals surface area contributed by atoms with E-state index in [2.05, 4.69) is 29.2 Å². The van der Waals surface area contributed by atoms with Gasteiger partial charge in [-0.1, -0.05) is 13.8 Å². The molecule has 1 aliphatic heterocycles. The van der Waals surface area contributed by atoms with Gasteiger partial charge in [-0.2, -0.15) is 5.10 Å². The average Bonchev–Trinajstić information content (AvgIpc) is 2.92. The van der Waals surface area contributed by atoms with Gasteiger partial charge in [0.25, 0.3) is 0 Å². The molecular weight excluding hydrogens is 370 g/mol. The molecule has 2 heterocycles. The molecule has 0 aromatic carbocycles. The maximum absolute atomic E-state index is 12.8. The summed E-state index contributed by atoms with van der Waals surface area (Å²) in [6.45, 7) is 13.7. The quantitative estimate of drug-likeness (QED) is 0.585. The van der Waals surface area contributed by atoms with Gasteiger partial charge >= 0.3 is 0 Å². The van der Waals surface area contributed by atoms with E-state index >= 15 is 0 Å². The van der Waals surface area contributed by atoms with Crippen molar-refractivity contribution in [2.75, 3.05) is 53.0 Å². The molecule has 164 valence electrons. The minimum absolute atomic E-state index is 0.0321. The van der Waals surface area contributed by atoms with Gasteiger partial charge in [0, 0.05) is 64.2 Å². The lowest BCUT2D eigenvalue weighted by Gasteiger charge is -2.34. The van der Waals surface area contributed by atoms with Gasteiger partial charge in [0.05, 0.1) is 18.7 Å². The first-order chi connectivity index (χ1) is 13.8. The number of amides is 2. The molecule has 0 atom stereocenters. The third-order valence-electron chi connectivity index (χ3n) is 5.34. The molecule has 29 heavy (non-hydrogen) atoms. The van der Waals surface area contributed by atoms with Crippen LogP contribution < -0.4 is 5.32 Å². The zero-order valence-electron chi connectivity index (χ0n) is 18.7. The number of methoxy groups -OCH3 is 1. The number of carbonyl (C=O) groups excluding carboxylic acids is 2. The molecule has 0 radical (unpaired) electrons. The lowest BCUT2D eigenvalue weighted by atomic mass is 10.1. The zero-order valence-corrected chi connectivity index (χ0v) is 18.7. The second-order valence-electron chi connectivity index (χ2n) is 8.26. The van der Waals surface area contributed by atoms with E-state index in [0.29, 0.717) is 45.1 Å². The number of hydrogen-bond acceptors (Lipinski definition) is 5. The Labute approximate surface area is 174 Å². The van der Waals surface area contributed by atoms with E-state index in [0.717, 1.165) is 43.0 Å². The Morgan fingerprint density at radius 3 is 2.48 bits per heavy atom. The van der Waals surface area contributed by atoms with Crippen molar-refractivity contribution in [2.24, 2.45) is 5.92 Å². The molecule has 0 aliphatic carbocycles. The topological polar surface area (TPSA) is 79.7 Å². The Kier molecular flexibility index (Phi) is 9.10. The predicted molar refractivity (Wildman–Crippen MR) is 113 cm³/mol. The van der Waals surface area contributed by atoms with Crippen molar-refractivity contribution < 1.29 is 14.3 Å². The zero-order chi connectivity index (χ0) is 21.4. The van der Waals surface area contributed by atoms with Crippen LogP contribution in [-0.2, 0) is 27.3 Å². The predicted octanol–water partition coefficient (Wildman–Crippen LogP) is 0.995. The molecular formula is C21H37N5O3. The van der Waals surface area contributed by atoms with E-state index in [1.54, 1.807) is 7.11 Å². The normalized spacial score (nSPS) is 15.2. The monoisotopic (exact) mass is 407 g/mol. The SMILES string of the molecule is COCCCNC(=O)CN1CCN(C(=O)Cc2c(C)nn(CC(C)C)c2C)CC1. The number of carbonyl (C=O) groups is 2. The minimum atomic E-state index is 0.0321. The summed E-state index contributed by atoms with van der Waals surface area (Å²) in [4.78, 5) is 28.8. The first-order valence-electron chi connectivity index (χ1n) is 10.6. The van der Waals surface area contributed by atoms with Crippen molar-refractivity contribution in [2.45, 2.75) is 47.1 Å². The summed E-state index contributed by atoms with van der Waals surface area (Å²) in [6.07, 6.45) is 1.22. The Morgan fingerprint density at radius 1 is 1.17 bits per heavy atom. The Bertz CT molecular complexity index is 678. The molecule has 1 aromatic rings. The highest BCUT2D eigenvalue weighted by molar-refractivity contribution is 5.80. The lowest BCUT2D eigenvalue weighted by molar-refractivity contribution is -0.132. The molecule has 1 aliphatic rings. The van der Waals surface area contributed by atoms with Crippen LogP contribution in [0, 0.1) is 19.8 Å². The maximum atomic E-state index is 12.8. The van der Waals surface area contributed by atoms with E-state index in [9.17, 15) is 9.59 Å². The summed E-state index contributed by atoms with van der Waals surface area (Å²) in [6, 6.07) is 0. The molecule has 1 fully saturated rings. The molecule has 8 nitrogen and oxygen atoms in total. The molecule has 2 amide bonds. The maximum Gasteiger partial charge on any atom is 0.234 e. The second kappa shape index (κ2) is 11.3. The number of nitrogens with one attached hydrogen (secondary N) is 1. The van der Waals surface area contributed by atoms with E-state index in [-0.39, 0.29) is 11.8 Å². The molecule has 1 N–H and O–H groups in total. The van der Waals surface area contributed by atoms with Gasteiger partial charge in [-0.25, -0.2) is 0 Å². The summed E-state index contributed by atoms with van der Waals surface area (Å²) >= 11 is 0. The molecule has 1 saturated heterocycles. The van der Waals surface area contributed by atoms with Crippen molar-refractivity contribution >= 4 is 11.8 Å². The van der Waals surface area contributed by atoms with E-state index in [1.165, 1.54) is 0 Å². The number of hydrogen-bond donors (Lipinski definition) is 1. The fraction of sp³-hybridized carbons (Fsp3) is 0.762. The van der Waals surface area contributed by atoms with Crippen molar-refractivity contribution in [3.8, 4) is 0 Å². The van der Waals surface area contributed by atoms with Crippen LogP contribution in [-0.4, -0.2) is 84.4 Å². The first-order valence-corrected chi connectivity index (χ1v) is 10.6. The highest BCUT2D eigenvalue weighted by Gasteiger charge is 2.24. The average molecular weight is 408 g/mol. The van der Waals surface area contributed by atoms with Crippen LogP contribution in [0.1, 0.15) is 37.2 Å². The summed E-state index contributed by atoms with van der Waals surface area (Å²) in [5.74, 6) is 0.690. The van der Waals surface area contributed by atoms with Gasteiger partial charge < -0.3 is 15.0 Å². The van der Waals surface area contributed by atoms with Gasteiger partial charge in [0.2, 0.25) is 11.8 Å². The van der Waals surface area contributed by atoms with Crippen LogP contribution in [0.15, 0.2) is 0 Å². The fourth-order valence-electron chi connectivity index (χ4n) is 3.64. The molecule has 0 unspecified atom stereocenters. The molecule has 8 heteroatoms. The third kappa shape index (κ3) is 7.12. The molecule has 2 rings (SSSR count). The second-order valence-corrected chi connectivity index (χ2v) is 8.26. The van der Waals surface area contributed by atoms with Gasteiger partial charge in [0.15, 0.2) is 0 Å². The highest BCUT2D eigenvalue weighted by atomic mass is 16.5. The van der Waals surface area contributed by atoms with Crippen molar-refractivity contribution in [3.63, 3.8) is 0 Å². The summed E-state index contributed by atoms with van der Waals surface area (Å²) < 4.78 is 7.00. The molecule has 0 bridgehead atoms.